The minimum atomic E-state index is -3.12. The molecule has 0 spiro atoms. The average Bonchev–Trinajstić information content (AvgIpc) is 2.42. The molecule has 1 aliphatic heterocycles. The highest BCUT2D eigenvalue weighted by molar-refractivity contribution is 7.91. The van der Waals surface area contributed by atoms with Gasteiger partial charge in [0.05, 0.1) is 10.6 Å². The number of hydrazine groups is 1. The van der Waals surface area contributed by atoms with Crippen molar-refractivity contribution in [3.8, 4) is 0 Å². The standard InChI is InChI=1S/C14H23N3O2S/c1-3-12-20(18,19)14-6-4-13(5-7-14)15-17-10-8-16(2)9-11-17/h4-7,15H,3,8-12H2,1-2H3. The van der Waals surface area contributed by atoms with Crippen LogP contribution in [-0.2, 0) is 9.84 Å². The average molecular weight is 297 g/mol. The van der Waals surface area contributed by atoms with Gasteiger partial charge in [-0.15, -0.1) is 0 Å². The maximum atomic E-state index is 11.9. The van der Waals surface area contributed by atoms with E-state index in [4.69, 9.17) is 0 Å². The van der Waals surface area contributed by atoms with Crippen molar-refractivity contribution in [3.05, 3.63) is 24.3 Å². The minimum absolute atomic E-state index is 0.207. The molecular weight excluding hydrogens is 274 g/mol. The van der Waals surface area contributed by atoms with Crippen LogP contribution < -0.4 is 5.43 Å². The van der Waals surface area contributed by atoms with E-state index in [1.165, 1.54) is 0 Å². The van der Waals surface area contributed by atoms with E-state index in [2.05, 4.69) is 22.4 Å². The highest BCUT2D eigenvalue weighted by Gasteiger charge is 2.15. The van der Waals surface area contributed by atoms with Crippen molar-refractivity contribution in [1.29, 1.82) is 0 Å². The summed E-state index contributed by atoms with van der Waals surface area (Å²) >= 11 is 0. The molecular formula is C14H23N3O2S. The number of sulfone groups is 1. The SMILES string of the molecule is CCCS(=O)(=O)c1ccc(NN2CCN(C)CC2)cc1. The molecule has 0 aromatic heterocycles. The lowest BCUT2D eigenvalue weighted by atomic mass is 10.3. The van der Waals surface area contributed by atoms with Gasteiger partial charge in [0.25, 0.3) is 0 Å². The van der Waals surface area contributed by atoms with E-state index in [9.17, 15) is 8.42 Å². The van der Waals surface area contributed by atoms with E-state index in [0.29, 0.717) is 11.3 Å². The summed E-state index contributed by atoms with van der Waals surface area (Å²) in [6.07, 6.45) is 0.642. The lowest BCUT2D eigenvalue weighted by molar-refractivity contribution is 0.179. The first-order valence-corrected chi connectivity index (χ1v) is 8.69. The zero-order valence-electron chi connectivity index (χ0n) is 12.2. The predicted molar refractivity (Wildman–Crippen MR) is 81.5 cm³/mol. The van der Waals surface area contributed by atoms with Crippen molar-refractivity contribution >= 4 is 15.5 Å². The van der Waals surface area contributed by atoms with E-state index < -0.39 is 9.84 Å². The molecule has 0 saturated carbocycles. The Hall–Kier alpha value is -1.11. The smallest absolute Gasteiger partial charge is 0.178 e. The maximum Gasteiger partial charge on any atom is 0.178 e. The van der Waals surface area contributed by atoms with Crippen LogP contribution in [0.15, 0.2) is 29.2 Å². The van der Waals surface area contributed by atoms with Crippen molar-refractivity contribution in [1.82, 2.24) is 9.91 Å². The zero-order valence-corrected chi connectivity index (χ0v) is 13.0. The second kappa shape index (κ2) is 6.56. The van der Waals surface area contributed by atoms with Crippen LogP contribution in [-0.4, -0.2) is 57.3 Å². The Kier molecular flexibility index (Phi) is 5.01. The summed E-state index contributed by atoms with van der Waals surface area (Å²) < 4.78 is 23.9. The molecule has 0 amide bonds. The van der Waals surface area contributed by atoms with Crippen molar-refractivity contribution in [2.24, 2.45) is 0 Å². The molecule has 1 aromatic rings. The van der Waals surface area contributed by atoms with Gasteiger partial charge in [-0.25, -0.2) is 13.4 Å². The van der Waals surface area contributed by atoms with Crippen LogP contribution in [0.2, 0.25) is 0 Å². The summed E-state index contributed by atoms with van der Waals surface area (Å²) in [6, 6.07) is 7.04. The number of benzene rings is 1. The third-order valence-corrected chi connectivity index (χ3v) is 5.41. The molecule has 1 fully saturated rings. The van der Waals surface area contributed by atoms with Gasteiger partial charge in [-0.1, -0.05) is 6.92 Å². The van der Waals surface area contributed by atoms with Crippen LogP contribution >= 0.6 is 0 Å². The molecule has 1 aliphatic rings. The van der Waals surface area contributed by atoms with E-state index in [1.54, 1.807) is 12.1 Å². The molecule has 0 aliphatic carbocycles. The quantitative estimate of drug-likeness (QED) is 0.891. The third-order valence-electron chi connectivity index (χ3n) is 3.48. The normalized spacial score (nSPS) is 18.1. The van der Waals surface area contributed by atoms with E-state index in [0.717, 1.165) is 31.9 Å². The summed E-state index contributed by atoms with van der Waals surface area (Å²) in [5, 5.41) is 2.16. The summed E-state index contributed by atoms with van der Waals surface area (Å²) in [5.41, 5.74) is 4.26. The third kappa shape index (κ3) is 3.94. The van der Waals surface area contributed by atoms with Crippen LogP contribution in [0.25, 0.3) is 0 Å². The van der Waals surface area contributed by atoms with Gasteiger partial charge in [0, 0.05) is 31.9 Å². The molecule has 5 nitrogen and oxygen atoms in total. The van der Waals surface area contributed by atoms with Gasteiger partial charge in [0.1, 0.15) is 0 Å². The number of anilines is 1. The largest absolute Gasteiger partial charge is 0.319 e. The second-order valence-electron chi connectivity index (χ2n) is 5.25. The fraction of sp³-hybridized carbons (Fsp3) is 0.571. The maximum absolute atomic E-state index is 11.9. The summed E-state index contributed by atoms with van der Waals surface area (Å²) in [5.74, 6) is 0.207. The molecule has 112 valence electrons. The van der Waals surface area contributed by atoms with Crippen molar-refractivity contribution in [2.75, 3.05) is 44.4 Å². The van der Waals surface area contributed by atoms with Gasteiger partial charge in [-0.2, -0.15) is 0 Å². The molecule has 1 heterocycles. The molecule has 0 bridgehead atoms. The Morgan fingerprint density at radius 2 is 1.70 bits per heavy atom. The monoisotopic (exact) mass is 297 g/mol. The van der Waals surface area contributed by atoms with Crippen molar-refractivity contribution in [3.63, 3.8) is 0 Å². The first-order chi connectivity index (χ1) is 9.51. The van der Waals surface area contributed by atoms with Crippen LogP contribution in [0, 0.1) is 0 Å². The van der Waals surface area contributed by atoms with E-state index in [1.807, 2.05) is 19.1 Å². The van der Waals surface area contributed by atoms with Gasteiger partial charge in [-0.3, -0.25) is 0 Å². The lowest BCUT2D eigenvalue weighted by Crippen LogP contribution is -2.46. The lowest BCUT2D eigenvalue weighted by Gasteiger charge is -2.33. The number of nitrogens with zero attached hydrogens (tertiary/aromatic N) is 2. The Morgan fingerprint density at radius 1 is 1.10 bits per heavy atom. The zero-order chi connectivity index (χ0) is 14.6. The van der Waals surface area contributed by atoms with Gasteiger partial charge in [0.15, 0.2) is 9.84 Å². The fourth-order valence-corrected chi connectivity index (χ4v) is 3.55. The molecule has 0 atom stereocenters. The molecule has 6 heteroatoms. The van der Waals surface area contributed by atoms with E-state index in [-0.39, 0.29) is 5.75 Å². The summed E-state index contributed by atoms with van der Waals surface area (Å²) in [7, 11) is -1.000. The van der Waals surface area contributed by atoms with Gasteiger partial charge >= 0.3 is 0 Å². The molecule has 2 rings (SSSR count). The number of piperazine rings is 1. The first kappa shape index (κ1) is 15.3. The van der Waals surface area contributed by atoms with E-state index >= 15 is 0 Å². The summed E-state index contributed by atoms with van der Waals surface area (Å²) in [4.78, 5) is 2.70. The number of hydrogen-bond donors (Lipinski definition) is 1. The van der Waals surface area contributed by atoms with Crippen LogP contribution in [0.4, 0.5) is 5.69 Å². The first-order valence-electron chi connectivity index (χ1n) is 7.04. The van der Waals surface area contributed by atoms with Crippen LogP contribution in [0.3, 0.4) is 0 Å². The molecule has 0 radical (unpaired) electrons. The Labute approximate surface area is 121 Å². The van der Waals surface area contributed by atoms with Gasteiger partial charge < -0.3 is 10.3 Å². The number of likely N-dealkylation sites (N-methyl/N-ethyl adjacent to an activating group) is 1. The minimum Gasteiger partial charge on any atom is -0.319 e. The Bertz CT molecular complexity index is 520. The van der Waals surface area contributed by atoms with Crippen molar-refractivity contribution < 1.29 is 8.42 Å². The Morgan fingerprint density at radius 3 is 2.25 bits per heavy atom. The molecule has 20 heavy (non-hydrogen) atoms. The predicted octanol–water partition coefficient (Wildman–Crippen LogP) is 1.44. The molecule has 1 aromatic carbocycles. The highest BCUT2D eigenvalue weighted by Crippen LogP contribution is 2.17. The summed E-state index contributed by atoms with van der Waals surface area (Å²) in [6.45, 7) is 5.88. The van der Waals surface area contributed by atoms with Gasteiger partial charge in [0.2, 0.25) is 0 Å². The number of hydrogen-bond acceptors (Lipinski definition) is 5. The molecule has 1 N–H and O–H groups in total. The van der Waals surface area contributed by atoms with Crippen LogP contribution in [0.1, 0.15) is 13.3 Å². The molecule has 1 saturated heterocycles. The topological polar surface area (TPSA) is 52.7 Å². The molecule has 0 unspecified atom stereocenters. The second-order valence-corrected chi connectivity index (χ2v) is 7.35. The van der Waals surface area contributed by atoms with Crippen LogP contribution in [0.5, 0.6) is 0 Å². The number of nitrogens with one attached hydrogen (secondary N) is 1. The Balaban J connectivity index is 1.98. The number of rotatable bonds is 5. The van der Waals surface area contributed by atoms with Crippen molar-refractivity contribution in [2.45, 2.75) is 18.2 Å². The van der Waals surface area contributed by atoms with Gasteiger partial charge in [-0.05, 0) is 37.7 Å². The fourth-order valence-electron chi connectivity index (χ4n) is 2.22. The highest BCUT2D eigenvalue weighted by atomic mass is 32.2.